The van der Waals surface area contributed by atoms with Crippen LogP contribution in [0.4, 0.5) is 4.39 Å². The topological polar surface area (TPSA) is 79.1 Å². The molecule has 1 aliphatic heterocycles. The van der Waals surface area contributed by atoms with Crippen LogP contribution in [0.15, 0.2) is 87.8 Å². The lowest BCUT2D eigenvalue weighted by Gasteiger charge is -2.24. The fourth-order valence-corrected chi connectivity index (χ4v) is 5.98. The van der Waals surface area contributed by atoms with Crippen molar-refractivity contribution in [2.75, 3.05) is 13.2 Å². The van der Waals surface area contributed by atoms with Gasteiger partial charge in [0, 0.05) is 5.56 Å². The Balaban J connectivity index is 1.55. The van der Waals surface area contributed by atoms with Gasteiger partial charge in [-0.05, 0) is 62.2 Å². The molecule has 0 bridgehead atoms. The highest BCUT2D eigenvalue weighted by Crippen LogP contribution is 2.32. The zero-order valence-electron chi connectivity index (χ0n) is 23.2. The largest absolute Gasteiger partial charge is 0.490 e. The van der Waals surface area contributed by atoms with Crippen LogP contribution in [-0.2, 0) is 16.1 Å². The van der Waals surface area contributed by atoms with Crippen LogP contribution in [0.1, 0.15) is 43.5 Å². The number of aromatic nitrogens is 1. The molecule has 10 heteroatoms. The summed E-state index contributed by atoms with van der Waals surface area (Å²) in [5, 5.41) is 0.273. The monoisotopic (exact) mass is 606 g/mol. The molecule has 0 radical (unpaired) electrons. The van der Waals surface area contributed by atoms with Gasteiger partial charge in [-0.15, -0.1) is 0 Å². The van der Waals surface area contributed by atoms with Crippen LogP contribution in [-0.4, -0.2) is 23.8 Å². The van der Waals surface area contributed by atoms with Crippen molar-refractivity contribution in [3.05, 3.63) is 125 Å². The molecular formula is C32H28ClFN2O5S. The SMILES string of the molecule is CCOC(=O)C1=C(C)N=c2s/c(=C/c3ccc(OCc4c(F)cccc4Cl)c(OCC)c3)c(=O)n2[C@@H]1c1ccccc1. The number of hydrogen-bond donors (Lipinski definition) is 0. The number of esters is 1. The van der Waals surface area contributed by atoms with Crippen molar-refractivity contribution in [1.82, 2.24) is 4.57 Å². The standard InChI is InChI=1S/C32H28ClFN2O5S/c1-4-39-26-16-20(14-15-25(26)41-18-22-23(33)12-9-13-24(22)34)17-27-30(37)36-29(21-10-7-6-8-11-21)28(31(38)40-5-2)19(3)35-32(36)42-27/h6-17,29H,4-5,18H2,1-3H3/b27-17+/t29-/m1/s1. The maximum Gasteiger partial charge on any atom is 0.338 e. The van der Waals surface area contributed by atoms with E-state index < -0.39 is 17.8 Å². The average molecular weight is 607 g/mol. The molecule has 0 aliphatic carbocycles. The predicted molar refractivity (Wildman–Crippen MR) is 160 cm³/mol. The normalized spacial score (nSPS) is 14.8. The lowest BCUT2D eigenvalue weighted by atomic mass is 9.96. The fourth-order valence-electron chi connectivity index (χ4n) is 4.72. The number of nitrogens with zero attached hydrogens (tertiary/aromatic N) is 2. The molecule has 0 spiro atoms. The van der Waals surface area contributed by atoms with Crippen molar-refractivity contribution >= 4 is 35.0 Å². The van der Waals surface area contributed by atoms with E-state index in [0.29, 0.717) is 44.3 Å². The molecule has 0 N–H and O–H groups in total. The maximum absolute atomic E-state index is 14.2. The van der Waals surface area contributed by atoms with Gasteiger partial charge in [0.15, 0.2) is 16.3 Å². The van der Waals surface area contributed by atoms with Gasteiger partial charge in [-0.25, -0.2) is 14.2 Å². The zero-order chi connectivity index (χ0) is 29.8. The molecular weight excluding hydrogens is 579 g/mol. The Morgan fingerprint density at radius 2 is 1.83 bits per heavy atom. The molecule has 0 fully saturated rings. The highest BCUT2D eigenvalue weighted by Gasteiger charge is 2.33. The average Bonchev–Trinajstić information content (AvgIpc) is 3.27. The minimum atomic E-state index is -0.677. The lowest BCUT2D eigenvalue weighted by Crippen LogP contribution is -2.39. The Morgan fingerprint density at radius 1 is 1.05 bits per heavy atom. The number of halogens is 2. The van der Waals surface area contributed by atoms with Crippen molar-refractivity contribution in [2.24, 2.45) is 4.99 Å². The van der Waals surface area contributed by atoms with Gasteiger partial charge in [0.2, 0.25) is 0 Å². The summed E-state index contributed by atoms with van der Waals surface area (Å²) < 4.78 is 33.2. The maximum atomic E-state index is 14.2. The molecule has 2 heterocycles. The molecule has 0 amide bonds. The van der Waals surface area contributed by atoms with E-state index in [1.54, 1.807) is 48.8 Å². The van der Waals surface area contributed by atoms with Gasteiger partial charge in [0.1, 0.15) is 12.4 Å². The van der Waals surface area contributed by atoms with Crippen LogP contribution >= 0.6 is 22.9 Å². The number of carbonyl (C=O) groups is 1. The molecule has 0 saturated heterocycles. The van der Waals surface area contributed by atoms with Gasteiger partial charge >= 0.3 is 5.97 Å². The minimum absolute atomic E-state index is 0.0782. The lowest BCUT2D eigenvalue weighted by molar-refractivity contribution is -0.139. The third-order valence-electron chi connectivity index (χ3n) is 6.63. The smallest absolute Gasteiger partial charge is 0.338 e. The van der Waals surface area contributed by atoms with Gasteiger partial charge in [0.25, 0.3) is 5.56 Å². The number of ether oxygens (including phenoxy) is 3. The van der Waals surface area contributed by atoms with E-state index in [1.807, 2.05) is 37.3 Å². The fraction of sp³-hybridized carbons (Fsp3) is 0.219. The summed E-state index contributed by atoms with van der Waals surface area (Å²) in [5.74, 6) is -0.110. The van der Waals surface area contributed by atoms with Crippen LogP contribution < -0.4 is 24.4 Å². The Kier molecular flexibility index (Phi) is 8.89. The number of hydrogen-bond acceptors (Lipinski definition) is 7. The molecule has 4 aromatic rings. The van der Waals surface area contributed by atoms with Gasteiger partial charge < -0.3 is 14.2 Å². The molecule has 5 rings (SSSR count). The summed E-state index contributed by atoms with van der Waals surface area (Å²) in [7, 11) is 0. The van der Waals surface area contributed by atoms with Gasteiger partial charge in [-0.1, -0.05) is 65.4 Å². The van der Waals surface area contributed by atoms with E-state index >= 15 is 0 Å². The summed E-state index contributed by atoms with van der Waals surface area (Å²) in [4.78, 5) is 31.9. The second-order valence-corrected chi connectivity index (χ2v) is 10.8. The van der Waals surface area contributed by atoms with Crippen molar-refractivity contribution in [1.29, 1.82) is 0 Å². The summed E-state index contributed by atoms with van der Waals surface area (Å²) in [6.07, 6.45) is 1.75. The van der Waals surface area contributed by atoms with E-state index in [0.717, 1.165) is 5.56 Å². The molecule has 0 unspecified atom stereocenters. The van der Waals surface area contributed by atoms with Crippen molar-refractivity contribution < 1.29 is 23.4 Å². The van der Waals surface area contributed by atoms with Crippen molar-refractivity contribution in [2.45, 2.75) is 33.4 Å². The highest BCUT2D eigenvalue weighted by molar-refractivity contribution is 7.07. The number of thiazole rings is 1. The summed E-state index contributed by atoms with van der Waals surface area (Å²) in [6.45, 7) is 5.83. The quantitative estimate of drug-likeness (QED) is 0.233. The van der Waals surface area contributed by atoms with Gasteiger partial charge in [-0.2, -0.15) is 0 Å². The zero-order valence-corrected chi connectivity index (χ0v) is 24.8. The minimum Gasteiger partial charge on any atom is -0.490 e. The summed E-state index contributed by atoms with van der Waals surface area (Å²) in [6, 6.07) is 18.4. The Morgan fingerprint density at radius 3 is 2.55 bits per heavy atom. The third-order valence-corrected chi connectivity index (χ3v) is 7.97. The van der Waals surface area contributed by atoms with E-state index in [4.69, 9.17) is 25.8 Å². The van der Waals surface area contributed by atoms with E-state index in [-0.39, 0.29) is 29.4 Å². The van der Waals surface area contributed by atoms with Crippen LogP contribution in [0.2, 0.25) is 5.02 Å². The van der Waals surface area contributed by atoms with E-state index in [9.17, 15) is 14.0 Å². The first-order valence-electron chi connectivity index (χ1n) is 13.4. The van der Waals surface area contributed by atoms with Gasteiger partial charge in [-0.3, -0.25) is 9.36 Å². The Bertz CT molecular complexity index is 1830. The Labute approximate surface area is 250 Å². The van der Waals surface area contributed by atoms with Gasteiger partial charge in [0.05, 0.1) is 40.1 Å². The van der Waals surface area contributed by atoms with E-state index in [1.165, 1.54) is 23.5 Å². The predicted octanol–water partition coefficient (Wildman–Crippen LogP) is 5.57. The number of benzene rings is 3. The first-order chi connectivity index (χ1) is 20.3. The number of fused-ring (bicyclic) bond motifs is 1. The van der Waals surface area contributed by atoms with Crippen LogP contribution in [0.25, 0.3) is 6.08 Å². The van der Waals surface area contributed by atoms with Crippen LogP contribution in [0.3, 0.4) is 0 Å². The highest BCUT2D eigenvalue weighted by atomic mass is 35.5. The molecule has 3 aromatic carbocycles. The molecule has 1 aliphatic rings. The van der Waals surface area contributed by atoms with Crippen molar-refractivity contribution in [3.63, 3.8) is 0 Å². The van der Waals surface area contributed by atoms with Crippen molar-refractivity contribution in [3.8, 4) is 11.5 Å². The molecule has 1 aromatic heterocycles. The molecule has 7 nitrogen and oxygen atoms in total. The molecule has 216 valence electrons. The van der Waals surface area contributed by atoms with E-state index in [2.05, 4.69) is 4.99 Å². The number of rotatable bonds is 9. The second kappa shape index (κ2) is 12.8. The number of carbonyl (C=O) groups excluding carboxylic acids is 1. The molecule has 0 saturated carbocycles. The number of allylic oxidation sites excluding steroid dienone is 1. The first kappa shape index (κ1) is 29.3. The second-order valence-electron chi connectivity index (χ2n) is 9.34. The Hall–Kier alpha value is -4.21. The summed E-state index contributed by atoms with van der Waals surface area (Å²) in [5.41, 5.74) is 2.27. The first-order valence-corrected chi connectivity index (χ1v) is 14.6. The third kappa shape index (κ3) is 5.89. The molecule has 42 heavy (non-hydrogen) atoms. The molecule has 1 atom stereocenters. The van der Waals surface area contributed by atoms with Crippen LogP contribution in [0.5, 0.6) is 11.5 Å². The summed E-state index contributed by atoms with van der Waals surface area (Å²) >= 11 is 7.38. The van der Waals surface area contributed by atoms with Crippen LogP contribution in [0, 0.1) is 5.82 Å².